The molecule has 68 valence electrons. The molecule has 3 heteroatoms. The summed E-state index contributed by atoms with van der Waals surface area (Å²) in [4.78, 5) is 0. The SMILES string of the molecule is CC(O)CCn1ccc(CO)c1. The second kappa shape index (κ2) is 4.28. The van der Waals surface area contributed by atoms with Gasteiger partial charge in [-0.25, -0.2) is 0 Å². The largest absolute Gasteiger partial charge is 0.393 e. The maximum Gasteiger partial charge on any atom is 0.0696 e. The molecule has 0 radical (unpaired) electrons. The number of nitrogens with zero attached hydrogens (tertiary/aromatic N) is 1. The molecule has 0 fully saturated rings. The minimum Gasteiger partial charge on any atom is -0.393 e. The highest BCUT2D eigenvalue weighted by molar-refractivity contribution is 5.08. The summed E-state index contributed by atoms with van der Waals surface area (Å²) in [6, 6.07) is 1.88. The van der Waals surface area contributed by atoms with Gasteiger partial charge in [0.2, 0.25) is 0 Å². The molecule has 1 rings (SSSR count). The van der Waals surface area contributed by atoms with Gasteiger partial charge < -0.3 is 14.8 Å². The van der Waals surface area contributed by atoms with E-state index in [1.165, 1.54) is 0 Å². The smallest absolute Gasteiger partial charge is 0.0696 e. The number of aliphatic hydroxyl groups is 2. The number of aryl methyl sites for hydroxylation is 1. The van der Waals surface area contributed by atoms with Crippen molar-refractivity contribution in [3.05, 3.63) is 24.0 Å². The highest BCUT2D eigenvalue weighted by Crippen LogP contribution is 2.02. The lowest BCUT2D eigenvalue weighted by Gasteiger charge is -2.04. The number of aromatic nitrogens is 1. The van der Waals surface area contributed by atoms with Crippen molar-refractivity contribution in [3.63, 3.8) is 0 Å². The lowest BCUT2D eigenvalue weighted by molar-refractivity contribution is 0.178. The van der Waals surface area contributed by atoms with E-state index >= 15 is 0 Å². The van der Waals surface area contributed by atoms with Crippen LogP contribution in [0.15, 0.2) is 18.5 Å². The molecule has 0 aromatic carbocycles. The van der Waals surface area contributed by atoms with Gasteiger partial charge in [-0.3, -0.25) is 0 Å². The Kier molecular flexibility index (Phi) is 3.31. The zero-order valence-electron chi connectivity index (χ0n) is 7.27. The van der Waals surface area contributed by atoms with Crippen LogP contribution < -0.4 is 0 Å². The first-order valence-electron chi connectivity index (χ1n) is 4.16. The Balaban J connectivity index is 2.41. The third kappa shape index (κ3) is 2.68. The number of hydrogen-bond donors (Lipinski definition) is 2. The predicted molar refractivity (Wildman–Crippen MR) is 46.7 cm³/mol. The number of hydrogen-bond acceptors (Lipinski definition) is 2. The molecule has 0 spiro atoms. The van der Waals surface area contributed by atoms with Gasteiger partial charge in [-0.2, -0.15) is 0 Å². The summed E-state index contributed by atoms with van der Waals surface area (Å²) in [7, 11) is 0. The predicted octanol–water partition coefficient (Wildman–Crippen LogP) is 0.751. The van der Waals surface area contributed by atoms with Gasteiger partial charge in [-0.05, 0) is 25.0 Å². The Morgan fingerprint density at radius 3 is 2.83 bits per heavy atom. The summed E-state index contributed by atoms with van der Waals surface area (Å²) in [5.74, 6) is 0. The summed E-state index contributed by atoms with van der Waals surface area (Å²) >= 11 is 0. The molecule has 0 aliphatic carbocycles. The van der Waals surface area contributed by atoms with Crippen molar-refractivity contribution in [1.82, 2.24) is 4.57 Å². The molecule has 0 saturated carbocycles. The third-order valence-corrected chi connectivity index (χ3v) is 1.80. The maximum atomic E-state index is 9.01. The molecule has 0 saturated heterocycles. The van der Waals surface area contributed by atoms with Crippen molar-refractivity contribution in [2.24, 2.45) is 0 Å². The average molecular weight is 169 g/mol. The fraction of sp³-hybridized carbons (Fsp3) is 0.556. The maximum absolute atomic E-state index is 9.01. The van der Waals surface area contributed by atoms with E-state index in [0.29, 0.717) is 0 Å². The van der Waals surface area contributed by atoms with Gasteiger partial charge in [-0.15, -0.1) is 0 Å². The topological polar surface area (TPSA) is 45.4 Å². The van der Waals surface area contributed by atoms with Crippen LogP contribution in [-0.4, -0.2) is 20.9 Å². The van der Waals surface area contributed by atoms with Crippen LogP contribution in [0.4, 0.5) is 0 Å². The van der Waals surface area contributed by atoms with Crippen molar-refractivity contribution < 1.29 is 10.2 Å². The van der Waals surface area contributed by atoms with Crippen LogP contribution in [0.1, 0.15) is 18.9 Å². The standard InChI is InChI=1S/C9H15NO2/c1-8(12)2-4-10-5-3-9(6-10)7-11/h3,5-6,8,11-12H,2,4,7H2,1H3. The highest BCUT2D eigenvalue weighted by Gasteiger charge is 1.97. The van der Waals surface area contributed by atoms with Gasteiger partial charge in [0, 0.05) is 18.9 Å². The van der Waals surface area contributed by atoms with Gasteiger partial charge in [0.05, 0.1) is 12.7 Å². The van der Waals surface area contributed by atoms with Gasteiger partial charge in [0.25, 0.3) is 0 Å². The summed E-state index contributed by atoms with van der Waals surface area (Å²) in [5.41, 5.74) is 0.917. The quantitative estimate of drug-likeness (QED) is 0.698. The highest BCUT2D eigenvalue weighted by atomic mass is 16.3. The fourth-order valence-corrected chi connectivity index (χ4v) is 1.06. The minimum absolute atomic E-state index is 0.0850. The van der Waals surface area contributed by atoms with Crippen LogP contribution in [0, 0.1) is 0 Å². The zero-order chi connectivity index (χ0) is 8.97. The van der Waals surface area contributed by atoms with E-state index in [2.05, 4.69) is 0 Å². The molecule has 1 heterocycles. The molecule has 1 unspecified atom stereocenters. The lowest BCUT2D eigenvalue weighted by atomic mass is 10.3. The van der Waals surface area contributed by atoms with Gasteiger partial charge in [0.1, 0.15) is 0 Å². The Hall–Kier alpha value is -0.800. The molecule has 0 aliphatic heterocycles. The lowest BCUT2D eigenvalue weighted by Crippen LogP contribution is -2.05. The van der Waals surface area contributed by atoms with Crippen molar-refractivity contribution >= 4 is 0 Å². The van der Waals surface area contributed by atoms with Crippen LogP contribution in [-0.2, 0) is 13.2 Å². The molecule has 1 aromatic heterocycles. The summed E-state index contributed by atoms with van der Waals surface area (Å²) in [5, 5.41) is 17.8. The molecule has 3 nitrogen and oxygen atoms in total. The van der Waals surface area contributed by atoms with E-state index in [1.54, 1.807) is 6.92 Å². The number of rotatable bonds is 4. The normalized spacial score (nSPS) is 13.2. The van der Waals surface area contributed by atoms with E-state index in [1.807, 2.05) is 23.0 Å². The monoisotopic (exact) mass is 169 g/mol. The van der Waals surface area contributed by atoms with Crippen LogP contribution in [0.25, 0.3) is 0 Å². The molecule has 12 heavy (non-hydrogen) atoms. The first kappa shape index (κ1) is 9.29. The van der Waals surface area contributed by atoms with Crippen molar-refractivity contribution in [2.75, 3.05) is 0 Å². The van der Waals surface area contributed by atoms with Crippen LogP contribution in [0.5, 0.6) is 0 Å². The Bertz CT molecular complexity index is 230. The first-order chi connectivity index (χ1) is 5.72. The average Bonchev–Trinajstić information content (AvgIpc) is 2.48. The summed E-state index contributed by atoms with van der Waals surface area (Å²) < 4.78 is 1.97. The van der Waals surface area contributed by atoms with E-state index < -0.39 is 0 Å². The Labute approximate surface area is 72.3 Å². The van der Waals surface area contributed by atoms with Gasteiger partial charge >= 0.3 is 0 Å². The molecule has 0 amide bonds. The van der Waals surface area contributed by atoms with E-state index in [-0.39, 0.29) is 12.7 Å². The molecule has 0 aliphatic rings. The van der Waals surface area contributed by atoms with Gasteiger partial charge in [0.15, 0.2) is 0 Å². The third-order valence-electron chi connectivity index (χ3n) is 1.80. The number of aliphatic hydroxyl groups excluding tert-OH is 2. The van der Waals surface area contributed by atoms with E-state index in [0.717, 1.165) is 18.5 Å². The zero-order valence-corrected chi connectivity index (χ0v) is 7.27. The van der Waals surface area contributed by atoms with Crippen LogP contribution >= 0.6 is 0 Å². The van der Waals surface area contributed by atoms with E-state index in [4.69, 9.17) is 10.2 Å². The van der Waals surface area contributed by atoms with Crippen molar-refractivity contribution in [3.8, 4) is 0 Å². The molecule has 2 N–H and O–H groups in total. The molecular formula is C9H15NO2. The molecule has 1 aromatic rings. The second-order valence-electron chi connectivity index (χ2n) is 3.05. The van der Waals surface area contributed by atoms with Crippen LogP contribution in [0.3, 0.4) is 0 Å². The first-order valence-corrected chi connectivity index (χ1v) is 4.16. The van der Waals surface area contributed by atoms with E-state index in [9.17, 15) is 0 Å². The van der Waals surface area contributed by atoms with Gasteiger partial charge in [-0.1, -0.05) is 0 Å². The molecule has 0 bridgehead atoms. The molecular weight excluding hydrogens is 154 g/mol. The van der Waals surface area contributed by atoms with Crippen molar-refractivity contribution in [1.29, 1.82) is 0 Å². The Morgan fingerprint density at radius 2 is 2.33 bits per heavy atom. The second-order valence-corrected chi connectivity index (χ2v) is 3.05. The minimum atomic E-state index is -0.259. The van der Waals surface area contributed by atoms with Crippen molar-refractivity contribution in [2.45, 2.75) is 32.6 Å². The Morgan fingerprint density at radius 1 is 1.58 bits per heavy atom. The molecule has 1 atom stereocenters. The summed E-state index contributed by atoms with van der Waals surface area (Å²) in [6.45, 7) is 2.66. The summed E-state index contributed by atoms with van der Waals surface area (Å²) in [6.07, 6.45) is 4.29. The van der Waals surface area contributed by atoms with Crippen LogP contribution in [0.2, 0.25) is 0 Å². The fourth-order valence-electron chi connectivity index (χ4n) is 1.06.